The van der Waals surface area contributed by atoms with Crippen molar-refractivity contribution in [1.82, 2.24) is 34.9 Å². The number of nitrogens with zero attached hydrogens (tertiary/aromatic N) is 8. The second-order valence-electron chi connectivity index (χ2n) is 10.3. The number of aromatic nitrogens is 5. The number of carbonyl (C=O) groups excluding carboxylic acids is 1. The summed E-state index contributed by atoms with van der Waals surface area (Å²) in [5.74, 6) is -0.146. The van der Waals surface area contributed by atoms with Crippen molar-refractivity contribution < 1.29 is 18.7 Å². The Morgan fingerprint density at radius 2 is 2.12 bits per heavy atom. The van der Waals surface area contributed by atoms with E-state index in [1.165, 1.54) is 18.3 Å². The molecule has 2 aliphatic rings. The minimum absolute atomic E-state index is 0.0240. The second-order valence-corrected chi connectivity index (χ2v) is 10.6. The van der Waals surface area contributed by atoms with E-state index in [4.69, 9.17) is 26.1 Å². The minimum Gasteiger partial charge on any atom is -0.462 e. The SMILES string of the molecule is C=CC(=O)N1CCN(c2nc(OC[C@@H]3C[C@@H](C#N)CN3C)nc3c(Oc4c(Cl)c(F)cc5[nH]ncc45)nccc23)CC1. The number of hydrogen-bond acceptors (Lipinski definition) is 10. The number of likely N-dealkylation sites (N-methyl/N-ethyl adjacent to an activating group) is 1. The molecule has 0 aliphatic carbocycles. The van der Waals surface area contributed by atoms with Crippen molar-refractivity contribution in [3.05, 3.63) is 48.0 Å². The Morgan fingerprint density at radius 1 is 1.31 bits per heavy atom. The zero-order chi connectivity index (χ0) is 29.4. The van der Waals surface area contributed by atoms with Crippen molar-refractivity contribution in [3.8, 4) is 23.7 Å². The van der Waals surface area contributed by atoms with Crippen LogP contribution in [-0.4, -0.2) is 93.3 Å². The van der Waals surface area contributed by atoms with Gasteiger partial charge in [0.25, 0.3) is 0 Å². The van der Waals surface area contributed by atoms with Crippen molar-refractivity contribution in [2.45, 2.75) is 12.5 Å². The summed E-state index contributed by atoms with van der Waals surface area (Å²) in [6, 6.07) is 5.47. The Bertz CT molecular complexity index is 1720. The van der Waals surface area contributed by atoms with Crippen LogP contribution < -0.4 is 14.4 Å². The number of ether oxygens (including phenoxy) is 2. The lowest BCUT2D eigenvalue weighted by Gasteiger charge is -2.35. The summed E-state index contributed by atoms with van der Waals surface area (Å²) in [6.07, 6.45) is 5.04. The third-order valence-electron chi connectivity index (χ3n) is 7.67. The maximum absolute atomic E-state index is 14.6. The fourth-order valence-electron chi connectivity index (χ4n) is 5.38. The van der Waals surface area contributed by atoms with Gasteiger partial charge in [-0.1, -0.05) is 18.2 Å². The molecule has 1 N–H and O–H groups in total. The number of amides is 1. The minimum atomic E-state index is -0.675. The molecule has 5 heterocycles. The smallest absolute Gasteiger partial charge is 0.319 e. The lowest BCUT2D eigenvalue weighted by atomic mass is 10.1. The van der Waals surface area contributed by atoms with Crippen LogP contribution in [0.4, 0.5) is 10.2 Å². The van der Waals surface area contributed by atoms with Gasteiger partial charge in [0, 0.05) is 51.0 Å². The van der Waals surface area contributed by atoms with Gasteiger partial charge in [-0.25, -0.2) is 9.37 Å². The summed E-state index contributed by atoms with van der Waals surface area (Å²) in [5.41, 5.74) is 0.753. The molecule has 0 unspecified atom stereocenters. The van der Waals surface area contributed by atoms with Gasteiger partial charge >= 0.3 is 6.01 Å². The first-order valence-corrected chi connectivity index (χ1v) is 13.8. The lowest BCUT2D eigenvalue weighted by Crippen LogP contribution is -2.48. The monoisotopic (exact) mass is 591 g/mol. The number of fused-ring (bicyclic) bond motifs is 2. The lowest BCUT2D eigenvalue weighted by molar-refractivity contribution is -0.126. The molecule has 1 aromatic carbocycles. The van der Waals surface area contributed by atoms with Gasteiger partial charge in [-0.3, -0.25) is 14.8 Å². The summed E-state index contributed by atoms with van der Waals surface area (Å²) in [4.78, 5) is 31.8. The molecule has 3 aromatic heterocycles. The van der Waals surface area contributed by atoms with Gasteiger partial charge in [0.15, 0.2) is 5.75 Å². The molecule has 14 heteroatoms. The van der Waals surface area contributed by atoms with Crippen molar-refractivity contribution >= 4 is 45.1 Å². The molecule has 2 saturated heterocycles. The van der Waals surface area contributed by atoms with Gasteiger partial charge in [-0.15, -0.1) is 0 Å². The summed E-state index contributed by atoms with van der Waals surface area (Å²) >= 11 is 6.32. The maximum Gasteiger partial charge on any atom is 0.319 e. The van der Waals surface area contributed by atoms with Gasteiger partial charge in [-0.2, -0.15) is 20.3 Å². The number of halogens is 2. The number of carbonyl (C=O) groups is 1. The fraction of sp³-hybridized carbons (Fsp3) is 0.357. The normalized spacial score (nSPS) is 19.3. The number of rotatable bonds is 7. The molecule has 12 nitrogen and oxygen atoms in total. The number of likely N-dealkylation sites (tertiary alicyclic amines) is 1. The molecule has 2 atom stereocenters. The molecule has 0 spiro atoms. The Kier molecular flexibility index (Phi) is 7.49. The quantitative estimate of drug-likeness (QED) is 0.318. The maximum atomic E-state index is 14.6. The second kappa shape index (κ2) is 11.4. The third kappa shape index (κ3) is 5.15. The van der Waals surface area contributed by atoms with E-state index in [1.54, 1.807) is 17.2 Å². The van der Waals surface area contributed by atoms with Crippen molar-refractivity contribution in [2.75, 3.05) is 51.3 Å². The van der Waals surface area contributed by atoms with E-state index >= 15 is 0 Å². The van der Waals surface area contributed by atoms with Crippen LogP contribution in [0, 0.1) is 23.1 Å². The number of H-pyrrole nitrogens is 1. The van der Waals surface area contributed by atoms with Crippen LogP contribution >= 0.6 is 11.6 Å². The molecule has 0 radical (unpaired) electrons. The molecule has 216 valence electrons. The molecule has 2 fully saturated rings. The predicted octanol–water partition coefficient (Wildman–Crippen LogP) is 3.54. The van der Waals surface area contributed by atoms with Gasteiger partial charge in [0.1, 0.15) is 28.8 Å². The van der Waals surface area contributed by atoms with Crippen molar-refractivity contribution in [3.63, 3.8) is 0 Å². The number of aromatic amines is 1. The van der Waals surface area contributed by atoms with E-state index in [2.05, 4.69) is 37.7 Å². The van der Waals surface area contributed by atoms with E-state index in [-0.39, 0.29) is 47.1 Å². The summed E-state index contributed by atoms with van der Waals surface area (Å²) in [7, 11) is 1.96. The summed E-state index contributed by atoms with van der Waals surface area (Å²) in [6.45, 7) is 6.54. The first kappa shape index (κ1) is 27.6. The highest BCUT2D eigenvalue weighted by Crippen LogP contribution is 2.40. The largest absolute Gasteiger partial charge is 0.462 e. The van der Waals surface area contributed by atoms with E-state index in [0.29, 0.717) is 66.8 Å². The highest BCUT2D eigenvalue weighted by molar-refractivity contribution is 6.33. The number of hydrogen-bond donors (Lipinski definition) is 1. The van der Waals surface area contributed by atoms with E-state index in [0.717, 1.165) is 0 Å². The van der Waals surface area contributed by atoms with E-state index in [9.17, 15) is 14.4 Å². The van der Waals surface area contributed by atoms with Crippen LogP contribution in [-0.2, 0) is 4.79 Å². The van der Waals surface area contributed by atoms with Crippen molar-refractivity contribution in [1.29, 1.82) is 5.26 Å². The fourth-order valence-corrected chi connectivity index (χ4v) is 5.58. The Balaban J connectivity index is 1.39. The van der Waals surface area contributed by atoms with Gasteiger partial charge < -0.3 is 19.3 Å². The highest BCUT2D eigenvalue weighted by Gasteiger charge is 2.31. The van der Waals surface area contributed by atoms with Gasteiger partial charge in [0.2, 0.25) is 11.8 Å². The third-order valence-corrected chi connectivity index (χ3v) is 8.03. The molecule has 1 amide bonds. The zero-order valence-electron chi connectivity index (χ0n) is 22.8. The first-order valence-electron chi connectivity index (χ1n) is 13.4. The molecule has 2 aliphatic heterocycles. The van der Waals surface area contributed by atoms with E-state index in [1.807, 2.05) is 11.9 Å². The summed E-state index contributed by atoms with van der Waals surface area (Å²) in [5, 5.41) is 17.0. The molecule has 0 saturated carbocycles. The molecular formula is C28H27ClFN9O3. The van der Waals surface area contributed by atoms with Crippen LogP contribution in [0.1, 0.15) is 6.42 Å². The highest BCUT2D eigenvalue weighted by atomic mass is 35.5. The van der Waals surface area contributed by atoms with Crippen LogP contribution in [0.25, 0.3) is 21.8 Å². The van der Waals surface area contributed by atoms with Crippen LogP contribution in [0.5, 0.6) is 17.6 Å². The van der Waals surface area contributed by atoms with Crippen LogP contribution in [0.2, 0.25) is 5.02 Å². The topological polar surface area (TPSA) is 136 Å². The molecular weight excluding hydrogens is 565 g/mol. The van der Waals surface area contributed by atoms with Crippen LogP contribution in [0.15, 0.2) is 37.2 Å². The van der Waals surface area contributed by atoms with E-state index < -0.39 is 5.82 Å². The molecule has 6 rings (SSSR count). The standard InChI is InChI=1S/C28H27ClFN9O3/c1-3-22(40)38-6-8-39(9-7-38)26-18-4-5-32-27(42-25-19-13-33-36-21(19)11-20(30)23(25)29)24(18)34-28(35-26)41-15-17-10-16(12-31)14-37(17)2/h3-5,11,13,16-17H,1,6-10,14-15H2,2H3,(H,33,36)/t16-,17-/m0/s1. The molecule has 4 aromatic rings. The van der Waals surface area contributed by atoms with Gasteiger partial charge in [-0.05, 0) is 25.6 Å². The number of piperazine rings is 1. The average Bonchev–Trinajstić information content (AvgIpc) is 3.63. The number of anilines is 1. The van der Waals surface area contributed by atoms with Gasteiger partial charge in [0.05, 0.1) is 34.5 Å². The Labute approximate surface area is 245 Å². The Morgan fingerprint density at radius 3 is 2.86 bits per heavy atom. The number of nitrogens with one attached hydrogen (secondary N) is 1. The summed E-state index contributed by atoms with van der Waals surface area (Å²) < 4.78 is 26.9. The molecule has 42 heavy (non-hydrogen) atoms. The Hall–Kier alpha value is -4.54. The number of benzene rings is 1. The van der Waals surface area contributed by atoms with Crippen molar-refractivity contribution in [2.24, 2.45) is 5.92 Å². The first-order chi connectivity index (χ1) is 20.4. The molecule has 0 bridgehead atoms. The average molecular weight is 592 g/mol. The number of nitriles is 1. The predicted molar refractivity (Wildman–Crippen MR) is 153 cm³/mol. The number of pyridine rings is 1. The zero-order valence-corrected chi connectivity index (χ0v) is 23.5. The van der Waals surface area contributed by atoms with Crippen LogP contribution in [0.3, 0.4) is 0 Å².